The number of hydrogen-bond donors (Lipinski definition) is 0. The first kappa shape index (κ1) is 12.7. The number of carbonyl (C=O) groups is 1. The van der Waals surface area contributed by atoms with Crippen molar-refractivity contribution in [3.8, 4) is 0 Å². The quantitative estimate of drug-likeness (QED) is 0.684. The molecular formula is C13H20Cl2O. The molecule has 2 aliphatic carbocycles. The second-order valence-corrected chi connectivity index (χ2v) is 6.53. The molecule has 2 saturated carbocycles. The van der Waals surface area contributed by atoms with Crippen LogP contribution in [0.15, 0.2) is 0 Å². The Bertz CT molecular complexity index is 214. The van der Waals surface area contributed by atoms with E-state index in [4.69, 9.17) is 23.2 Å². The van der Waals surface area contributed by atoms with Crippen LogP contribution in [0, 0.1) is 11.8 Å². The van der Waals surface area contributed by atoms with E-state index in [2.05, 4.69) is 0 Å². The van der Waals surface area contributed by atoms with E-state index in [0.29, 0.717) is 28.4 Å². The van der Waals surface area contributed by atoms with Crippen LogP contribution in [0.3, 0.4) is 0 Å². The number of rotatable bonds is 2. The van der Waals surface area contributed by atoms with Crippen molar-refractivity contribution in [1.82, 2.24) is 0 Å². The summed E-state index contributed by atoms with van der Waals surface area (Å²) in [6.07, 6.45) is 8.10. The Hall–Kier alpha value is 0.250. The molecule has 16 heavy (non-hydrogen) atoms. The highest BCUT2D eigenvalue weighted by Crippen LogP contribution is 2.35. The summed E-state index contributed by atoms with van der Waals surface area (Å²) in [6, 6.07) is 0. The standard InChI is InChI=1S/C13H20Cl2O/c14-11-5-1-9(2-6-11)13(16)10-3-7-12(15)8-4-10/h9-12H,1-8H2. The minimum absolute atomic E-state index is 0.298. The second kappa shape index (κ2) is 5.73. The van der Waals surface area contributed by atoms with Crippen LogP contribution in [0.2, 0.25) is 0 Å². The topological polar surface area (TPSA) is 17.1 Å². The van der Waals surface area contributed by atoms with E-state index in [0.717, 1.165) is 51.4 Å². The summed E-state index contributed by atoms with van der Waals surface area (Å²) in [5, 5.41) is 0.616. The van der Waals surface area contributed by atoms with Crippen LogP contribution < -0.4 is 0 Å². The van der Waals surface area contributed by atoms with Gasteiger partial charge >= 0.3 is 0 Å². The Kier molecular flexibility index (Phi) is 4.55. The van der Waals surface area contributed by atoms with Crippen LogP contribution in [0.25, 0.3) is 0 Å². The number of carbonyl (C=O) groups excluding carboxylic acids is 1. The highest BCUT2D eigenvalue weighted by molar-refractivity contribution is 6.20. The number of halogens is 2. The fourth-order valence-corrected chi connectivity index (χ4v) is 3.51. The highest BCUT2D eigenvalue weighted by Gasteiger charge is 2.32. The van der Waals surface area contributed by atoms with Gasteiger partial charge < -0.3 is 0 Å². The zero-order valence-electron chi connectivity index (χ0n) is 9.63. The SMILES string of the molecule is O=C(C1CCC(Cl)CC1)C1CCC(Cl)CC1. The van der Waals surface area contributed by atoms with Gasteiger partial charge in [-0.1, -0.05) is 0 Å². The summed E-state index contributed by atoms with van der Waals surface area (Å²) in [4.78, 5) is 12.3. The molecule has 0 unspecified atom stereocenters. The molecule has 92 valence electrons. The van der Waals surface area contributed by atoms with Crippen molar-refractivity contribution in [2.75, 3.05) is 0 Å². The molecule has 3 heteroatoms. The first-order valence-electron chi connectivity index (χ1n) is 6.48. The van der Waals surface area contributed by atoms with Gasteiger partial charge in [-0.25, -0.2) is 0 Å². The normalized spacial score (nSPS) is 40.6. The predicted molar refractivity (Wildman–Crippen MR) is 68.2 cm³/mol. The molecule has 0 spiro atoms. The van der Waals surface area contributed by atoms with Gasteiger partial charge in [0.05, 0.1) is 0 Å². The molecule has 2 aliphatic rings. The second-order valence-electron chi connectivity index (χ2n) is 5.30. The maximum absolute atomic E-state index is 12.3. The Morgan fingerprint density at radius 3 is 1.31 bits per heavy atom. The molecule has 0 aliphatic heterocycles. The molecule has 0 heterocycles. The molecule has 0 atom stereocenters. The van der Waals surface area contributed by atoms with Crippen molar-refractivity contribution >= 4 is 29.0 Å². The minimum atomic E-state index is 0.298. The molecule has 0 radical (unpaired) electrons. The van der Waals surface area contributed by atoms with Gasteiger partial charge in [-0.2, -0.15) is 0 Å². The molecule has 0 aromatic rings. The summed E-state index contributed by atoms with van der Waals surface area (Å²) >= 11 is 12.1. The lowest BCUT2D eigenvalue weighted by Crippen LogP contribution is -2.30. The van der Waals surface area contributed by atoms with Crippen LogP contribution >= 0.6 is 23.2 Å². The van der Waals surface area contributed by atoms with Gasteiger partial charge in [0.15, 0.2) is 0 Å². The van der Waals surface area contributed by atoms with Crippen LogP contribution in [0.1, 0.15) is 51.4 Å². The smallest absolute Gasteiger partial charge is 0.139 e. The summed E-state index contributed by atoms with van der Waals surface area (Å²) < 4.78 is 0. The van der Waals surface area contributed by atoms with Gasteiger partial charge in [-0.15, -0.1) is 23.2 Å². The van der Waals surface area contributed by atoms with Crippen molar-refractivity contribution in [2.45, 2.75) is 62.1 Å². The van der Waals surface area contributed by atoms with Crippen LogP contribution in [-0.2, 0) is 4.79 Å². The number of alkyl halides is 2. The van der Waals surface area contributed by atoms with Crippen molar-refractivity contribution in [3.05, 3.63) is 0 Å². The Balaban J connectivity index is 1.83. The van der Waals surface area contributed by atoms with Gasteiger partial charge in [-0.05, 0) is 51.4 Å². The molecule has 0 bridgehead atoms. The van der Waals surface area contributed by atoms with Crippen molar-refractivity contribution in [2.24, 2.45) is 11.8 Å². The van der Waals surface area contributed by atoms with Gasteiger partial charge in [0.1, 0.15) is 5.78 Å². The molecule has 0 amide bonds. The maximum atomic E-state index is 12.3. The minimum Gasteiger partial charge on any atom is -0.299 e. The molecule has 0 saturated heterocycles. The Morgan fingerprint density at radius 1 is 0.688 bits per heavy atom. The van der Waals surface area contributed by atoms with E-state index in [-0.39, 0.29) is 0 Å². The first-order valence-corrected chi connectivity index (χ1v) is 7.36. The molecule has 0 N–H and O–H groups in total. The Labute approximate surface area is 108 Å². The fraction of sp³-hybridized carbons (Fsp3) is 0.923. The lowest BCUT2D eigenvalue weighted by atomic mass is 9.76. The van der Waals surface area contributed by atoms with E-state index in [1.54, 1.807) is 0 Å². The molecule has 0 aromatic carbocycles. The maximum Gasteiger partial charge on any atom is 0.139 e. The number of hydrogen-bond acceptors (Lipinski definition) is 1. The largest absolute Gasteiger partial charge is 0.299 e. The van der Waals surface area contributed by atoms with Gasteiger partial charge in [0.2, 0.25) is 0 Å². The lowest BCUT2D eigenvalue weighted by molar-refractivity contribution is -0.128. The van der Waals surface area contributed by atoms with Crippen LogP contribution in [-0.4, -0.2) is 16.5 Å². The molecule has 0 aromatic heterocycles. The van der Waals surface area contributed by atoms with Crippen molar-refractivity contribution < 1.29 is 4.79 Å². The zero-order valence-corrected chi connectivity index (χ0v) is 11.1. The molecule has 2 fully saturated rings. The van der Waals surface area contributed by atoms with Crippen LogP contribution in [0.4, 0.5) is 0 Å². The predicted octanol–water partition coefficient (Wildman–Crippen LogP) is 4.15. The average Bonchev–Trinajstić information content (AvgIpc) is 2.30. The van der Waals surface area contributed by atoms with Gasteiger partial charge in [-0.3, -0.25) is 4.79 Å². The van der Waals surface area contributed by atoms with Crippen molar-refractivity contribution in [3.63, 3.8) is 0 Å². The summed E-state index contributed by atoms with van der Waals surface area (Å²) in [5.41, 5.74) is 0. The monoisotopic (exact) mass is 262 g/mol. The highest BCUT2D eigenvalue weighted by atomic mass is 35.5. The van der Waals surface area contributed by atoms with Gasteiger partial charge in [0, 0.05) is 22.6 Å². The van der Waals surface area contributed by atoms with E-state index in [9.17, 15) is 4.79 Å². The third kappa shape index (κ3) is 3.13. The zero-order chi connectivity index (χ0) is 11.5. The average molecular weight is 263 g/mol. The summed E-state index contributed by atoms with van der Waals surface area (Å²) in [6.45, 7) is 0. The van der Waals surface area contributed by atoms with E-state index in [1.165, 1.54) is 0 Å². The molecular weight excluding hydrogens is 243 g/mol. The van der Waals surface area contributed by atoms with Crippen molar-refractivity contribution in [1.29, 1.82) is 0 Å². The number of Topliss-reactive ketones (excluding diaryl/α,β-unsaturated/α-hetero) is 1. The first-order chi connectivity index (χ1) is 7.66. The fourth-order valence-electron chi connectivity index (χ4n) is 3.01. The molecule has 1 nitrogen and oxygen atoms in total. The third-order valence-electron chi connectivity index (χ3n) is 4.12. The molecule has 2 rings (SSSR count). The van der Waals surface area contributed by atoms with E-state index in [1.807, 2.05) is 0 Å². The Morgan fingerprint density at radius 2 is 1.00 bits per heavy atom. The number of ketones is 1. The summed E-state index contributed by atoms with van der Waals surface area (Å²) in [7, 11) is 0. The van der Waals surface area contributed by atoms with Crippen LogP contribution in [0.5, 0.6) is 0 Å². The third-order valence-corrected chi connectivity index (χ3v) is 4.99. The summed E-state index contributed by atoms with van der Waals surface area (Å²) in [5.74, 6) is 1.10. The van der Waals surface area contributed by atoms with Gasteiger partial charge in [0.25, 0.3) is 0 Å². The van der Waals surface area contributed by atoms with E-state index >= 15 is 0 Å². The lowest BCUT2D eigenvalue weighted by Gasteiger charge is -2.30. The van der Waals surface area contributed by atoms with E-state index < -0.39 is 0 Å².